The largest absolute Gasteiger partial charge is 0.391 e. The lowest BCUT2D eigenvalue weighted by Crippen LogP contribution is -2.07. The summed E-state index contributed by atoms with van der Waals surface area (Å²) in [6.07, 6.45) is -0.324. The highest BCUT2D eigenvalue weighted by Gasteiger charge is 1.87. The first-order valence-electron chi connectivity index (χ1n) is 6.35. The lowest BCUT2D eigenvalue weighted by atomic mass is 10.1. The van der Waals surface area contributed by atoms with Crippen molar-refractivity contribution in [1.82, 2.24) is 0 Å². The van der Waals surface area contributed by atoms with Gasteiger partial charge in [0.1, 0.15) is 0 Å². The lowest BCUT2D eigenvalue weighted by Gasteiger charge is -1.97. The summed E-state index contributed by atoms with van der Waals surface area (Å²) in [4.78, 5) is 0. The maximum atomic E-state index is 8.43. The van der Waals surface area contributed by atoms with Gasteiger partial charge in [0.15, 0.2) is 0 Å². The number of rotatable bonds is 2. The first-order chi connectivity index (χ1) is 8.74. The molecular formula is C16H24O2. The molecule has 0 radical (unpaired) electrons. The van der Waals surface area contributed by atoms with Crippen LogP contribution in [0.15, 0.2) is 48.5 Å². The van der Waals surface area contributed by atoms with Crippen molar-refractivity contribution in [2.24, 2.45) is 0 Å². The minimum Gasteiger partial charge on any atom is -0.391 e. The molecule has 100 valence electrons. The van der Waals surface area contributed by atoms with E-state index in [1.54, 1.807) is 14.0 Å². The SMILES string of the molecule is CC.COCC(C)O.c1ccc2ccccc2c1. The van der Waals surface area contributed by atoms with Gasteiger partial charge in [-0.3, -0.25) is 0 Å². The fraction of sp³-hybridized carbons (Fsp3) is 0.375. The second-order valence-electron chi connectivity index (χ2n) is 3.65. The Labute approximate surface area is 110 Å². The molecule has 18 heavy (non-hydrogen) atoms. The van der Waals surface area contributed by atoms with Crippen LogP contribution in [0.4, 0.5) is 0 Å². The molecule has 0 bridgehead atoms. The van der Waals surface area contributed by atoms with Gasteiger partial charge in [-0.05, 0) is 17.7 Å². The Bertz CT molecular complexity index is 345. The maximum absolute atomic E-state index is 8.43. The standard InChI is InChI=1S/C10H8.C4H10O2.C2H6/c1-2-6-10-8-4-3-7-9(10)5-1;1-4(5)3-6-2;1-2/h1-8H;4-5H,3H2,1-2H3;1-2H3. The average Bonchev–Trinajstić information content (AvgIpc) is 2.42. The van der Waals surface area contributed by atoms with Crippen LogP contribution in [0.5, 0.6) is 0 Å². The zero-order chi connectivity index (χ0) is 13.8. The second kappa shape index (κ2) is 10.8. The molecule has 1 unspecified atom stereocenters. The van der Waals surface area contributed by atoms with Crippen molar-refractivity contribution >= 4 is 10.8 Å². The summed E-state index contributed by atoms with van der Waals surface area (Å²) in [5.74, 6) is 0. The quantitative estimate of drug-likeness (QED) is 0.874. The van der Waals surface area contributed by atoms with Gasteiger partial charge < -0.3 is 9.84 Å². The molecule has 0 aliphatic carbocycles. The summed E-state index contributed by atoms with van der Waals surface area (Å²) >= 11 is 0. The Morgan fingerprint density at radius 3 is 1.44 bits per heavy atom. The number of methoxy groups -OCH3 is 1. The van der Waals surface area contributed by atoms with Crippen LogP contribution < -0.4 is 0 Å². The van der Waals surface area contributed by atoms with E-state index in [-0.39, 0.29) is 6.10 Å². The molecule has 1 N–H and O–H groups in total. The van der Waals surface area contributed by atoms with Crippen molar-refractivity contribution in [2.45, 2.75) is 26.9 Å². The van der Waals surface area contributed by atoms with Crippen molar-refractivity contribution in [1.29, 1.82) is 0 Å². The van der Waals surface area contributed by atoms with Crippen LogP contribution in [0.1, 0.15) is 20.8 Å². The van der Waals surface area contributed by atoms with Gasteiger partial charge in [0.05, 0.1) is 12.7 Å². The van der Waals surface area contributed by atoms with Gasteiger partial charge in [-0.2, -0.15) is 0 Å². The van der Waals surface area contributed by atoms with E-state index in [9.17, 15) is 0 Å². The highest BCUT2D eigenvalue weighted by atomic mass is 16.5. The monoisotopic (exact) mass is 248 g/mol. The molecule has 0 amide bonds. The van der Waals surface area contributed by atoms with Crippen LogP contribution in [0.2, 0.25) is 0 Å². The Balaban J connectivity index is 0.000000315. The molecule has 2 aromatic rings. The van der Waals surface area contributed by atoms with Gasteiger partial charge in [-0.1, -0.05) is 62.4 Å². The number of fused-ring (bicyclic) bond motifs is 1. The van der Waals surface area contributed by atoms with E-state index in [1.165, 1.54) is 10.8 Å². The molecule has 2 heteroatoms. The number of ether oxygens (including phenoxy) is 1. The van der Waals surface area contributed by atoms with Gasteiger partial charge in [-0.15, -0.1) is 0 Å². The van der Waals surface area contributed by atoms with E-state index < -0.39 is 0 Å². The summed E-state index contributed by atoms with van der Waals surface area (Å²) < 4.78 is 4.55. The van der Waals surface area contributed by atoms with Gasteiger partial charge in [0.25, 0.3) is 0 Å². The summed E-state index contributed by atoms with van der Waals surface area (Å²) in [6, 6.07) is 16.7. The number of hydrogen-bond donors (Lipinski definition) is 1. The van der Waals surface area contributed by atoms with Gasteiger partial charge in [-0.25, -0.2) is 0 Å². The molecule has 0 aliphatic rings. The van der Waals surface area contributed by atoms with Crippen LogP contribution in [0, 0.1) is 0 Å². The Kier molecular flexibility index (Phi) is 9.93. The molecule has 0 aliphatic heterocycles. The summed E-state index contributed by atoms with van der Waals surface area (Å²) in [5, 5.41) is 11.0. The summed E-state index contributed by atoms with van der Waals surface area (Å²) in [5.41, 5.74) is 0. The van der Waals surface area contributed by atoms with E-state index >= 15 is 0 Å². The highest BCUT2D eigenvalue weighted by molar-refractivity contribution is 5.81. The van der Waals surface area contributed by atoms with Crippen molar-refractivity contribution in [3.63, 3.8) is 0 Å². The van der Waals surface area contributed by atoms with E-state index in [2.05, 4.69) is 53.3 Å². The zero-order valence-corrected chi connectivity index (χ0v) is 11.8. The minimum atomic E-state index is -0.324. The molecule has 0 heterocycles. The molecule has 0 fully saturated rings. The first kappa shape index (κ1) is 16.6. The van der Waals surface area contributed by atoms with E-state index in [4.69, 9.17) is 5.11 Å². The number of benzene rings is 2. The maximum Gasteiger partial charge on any atom is 0.0745 e. The second-order valence-corrected chi connectivity index (χ2v) is 3.65. The Hall–Kier alpha value is -1.38. The number of aliphatic hydroxyl groups is 1. The molecular weight excluding hydrogens is 224 g/mol. The normalized spacial score (nSPS) is 10.7. The topological polar surface area (TPSA) is 29.5 Å². The fourth-order valence-corrected chi connectivity index (χ4v) is 1.37. The summed E-state index contributed by atoms with van der Waals surface area (Å²) in [6.45, 7) is 6.11. The van der Waals surface area contributed by atoms with Crippen molar-refractivity contribution in [3.8, 4) is 0 Å². The number of hydrogen-bond acceptors (Lipinski definition) is 2. The minimum absolute atomic E-state index is 0.324. The molecule has 0 aromatic heterocycles. The van der Waals surface area contributed by atoms with Crippen LogP contribution in [-0.2, 0) is 4.74 Å². The smallest absolute Gasteiger partial charge is 0.0745 e. The Morgan fingerprint density at radius 1 is 0.944 bits per heavy atom. The molecule has 2 aromatic carbocycles. The van der Waals surface area contributed by atoms with Crippen LogP contribution in [0.25, 0.3) is 10.8 Å². The van der Waals surface area contributed by atoms with Crippen molar-refractivity contribution < 1.29 is 9.84 Å². The molecule has 0 saturated carbocycles. The van der Waals surface area contributed by atoms with Crippen molar-refractivity contribution in [2.75, 3.05) is 13.7 Å². The lowest BCUT2D eigenvalue weighted by molar-refractivity contribution is 0.0765. The average molecular weight is 248 g/mol. The highest BCUT2D eigenvalue weighted by Crippen LogP contribution is 2.11. The Morgan fingerprint density at radius 2 is 1.28 bits per heavy atom. The van der Waals surface area contributed by atoms with Gasteiger partial charge in [0, 0.05) is 7.11 Å². The molecule has 2 rings (SSSR count). The predicted octanol–water partition coefficient (Wildman–Crippen LogP) is 3.88. The molecule has 0 saturated heterocycles. The summed E-state index contributed by atoms with van der Waals surface area (Å²) in [7, 11) is 1.56. The van der Waals surface area contributed by atoms with Crippen LogP contribution in [-0.4, -0.2) is 24.9 Å². The third-order valence-corrected chi connectivity index (χ3v) is 2.07. The fourth-order valence-electron chi connectivity index (χ4n) is 1.37. The molecule has 0 spiro atoms. The van der Waals surface area contributed by atoms with Crippen LogP contribution >= 0.6 is 0 Å². The number of aliphatic hydroxyl groups excluding tert-OH is 1. The predicted molar refractivity (Wildman–Crippen MR) is 78.9 cm³/mol. The van der Waals surface area contributed by atoms with Gasteiger partial charge in [0.2, 0.25) is 0 Å². The van der Waals surface area contributed by atoms with E-state index in [1.807, 2.05) is 13.8 Å². The third-order valence-electron chi connectivity index (χ3n) is 2.07. The molecule has 1 atom stereocenters. The van der Waals surface area contributed by atoms with Crippen LogP contribution in [0.3, 0.4) is 0 Å². The van der Waals surface area contributed by atoms with Crippen molar-refractivity contribution in [3.05, 3.63) is 48.5 Å². The van der Waals surface area contributed by atoms with E-state index in [0.29, 0.717) is 6.61 Å². The first-order valence-corrected chi connectivity index (χ1v) is 6.35. The van der Waals surface area contributed by atoms with E-state index in [0.717, 1.165) is 0 Å². The van der Waals surface area contributed by atoms with Gasteiger partial charge >= 0.3 is 0 Å². The molecule has 2 nitrogen and oxygen atoms in total. The zero-order valence-electron chi connectivity index (χ0n) is 11.8. The third kappa shape index (κ3) is 7.05.